The zero-order chi connectivity index (χ0) is 13.1. The molecule has 0 saturated carbocycles. The van der Waals surface area contributed by atoms with Crippen LogP contribution in [0.1, 0.15) is 11.6 Å². The standard InChI is InChI=1S/C14H12FNO2/c15-12-3-1-2-11(8-12)9-4-6-10(7-5-9)13(16)14(17)18/h1-8,13H,16H2,(H,17,18). The lowest BCUT2D eigenvalue weighted by Gasteiger charge is -2.08. The summed E-state index contributed by atoms with van der Waals surface area (Å²) in [5, 5.41) is 8.78. The zero-order valence-corrected chi connectivity index (χ0v) is 9.51. The van der Waals surface area contributed by atoms with Crippen molar-refractivity contribution in [3.63, 3.8) is 0 Å². The molecule has 0 bridgehead atoms. The minimum absolute atomic E-state index is 0.307. The molecular formula is C14H12FNO2. The molecule has 0 fully saturated rings. The summed E-state index contributed by atoms with van der Waals surface area (Å²) in [7, 11) is 0. The summed E-state index contributed by atoms with van der Waals surface area (Å²) in [5.74, 6) is -1.38. The quantitative estimate of drug-likeness (QED) is 0.873. The van der Waals surface area contributed by atoms with Gasteiger partial charge in [-0.15, -0.1) is 0 Å². The first-order valence-electron chi connectivity index (χ1n) is 5.42. The molecule has 2 aromatic rings. The lowest BCUT2D eigenvalue weighted by molar-refractivity contribution is -0.138. The highest BCUT2D eigenvalue weighted by molar-refractivity contribution is 5.75. The number of carboxylic acid groups (broad SMARTS) is 1. The number of rotatable bonds is 3. The number of hydrogen-bond donors (Lipinski definition) is 2. The van der Waals surface area contributed by atoms with Gasteiger partial charge >= 0.3 is 5.97 Å². The van der Waals surface area contributed by atoms with Crippen molar-refractivity contribution in [2.45, 2.75) is 6.04 Å². The van der Waals surface area contributed by atoms with Gasteiger partial charge in [-0.1, -0.05) is 36.4 Å². The molecular weight excluding hydrogens is 233 g/mol. The first-order valence-corrected chi connectivity index (χ1v) is 5.42. The van der Waals surface area contributed by atoms with Crippen molar-refractivity contribution in [1.29, 1.82) is 0 Å². The van der Waals surface area contributed by atoms with Crippen LogP contribution in [0.5, 0.6) is 0 Å². The van der Waals surface area contributed by atoms with E-state index in [1.165, 1.54) is 12.1 Å². The number of carbonyl (C=O) groups is 1. The number of hydrogen-bond acceptors (Lipinski definition) is 2. The molecule has 2 aromatic carbocycles. The number of nitrogens with two attached hydrogens (primary N) is 1. The van der Waals surface area contributed by atoms with Crippen molar-refractivity contribution in [3.05, 3.63) is 59.9 Å². The molecule has 0 radical (unpaired) electrons. The third-order valence-electron chi connectivity index (χ3n) is 2.69. The molecule has 18 heavy (non-hydrogen) atoms. The summed E-state index contributed by atoms with van der Waals surface area (Å²) < 4.78 is 13.1. The average molecular weight is 245 g/mol. The summed E-state index contributed by atoms with van der Waals surface area (Å²) in [6, 6.07) is 11.9. The van der Waals surface area contributed by atoms with Crippen LogP contribution in [-0.2, 0) is 4.79 Å². The highest BCUT2D eigenvalue weighted by atomic mass is 19.1. The molecule has 0 saturated heterocycles. The summed E-state index contributed by atoms with van der Waals surface area (Å²) >= 11 is 0. The number of benzene rings is 2. The van der Waals surface area contributed by atoms with Gasteiger partial charge in [0.25, 0.3) is 0 Å². The van der Waals surface area contributed by atoms with Gasteiger partial charge in [0.15, 0.2) is 0 Å². The fraction of sp³-hybridized carbons (Fsp3) is 0.0714. The molecule has 0 spiro atoms. The van der Waals surface area contributed by atoms with Crippen molar-refractivity contribution in [3.8, 4) is 11.1 Å². The predicted molar refractivity (Wildman–Crippen MR) is 66.4 cm³/mol. The lowest BCUT2D eigenvalue weighted by Crippen LogP contribution is -2.20. The summed E-state index contributed by atoms with van der Waals surface area (Å²) in [5.41, 5.74) is 7.56. The van der Waals surface area contributed by atoms with Gasteiger partial charge in [-0.2, -0.15) is 0 Å². The van der Waals surface area contributed by atoms with E-state index in [4.69, 9.17) is 10.8 Å². The van der Waals surface area contributed by atoms with E-state index in [1.807, 2.05) is 0 Å². The van der Waals surface area contributed by atoms with Crippen LogP contribution in [0, 0.1) is 5.82 Å². The minimum Gasteiger partial charge on any atom is -0.480 e. The van der Waals surface area contributed by atoms with Gasteiger partial charge < -0.3 is 10.8 Å². The topological polar surface area (TPSA) is 63.3 Å². The average Bonchev–Trinajstić information content (AvgIpc) is 2.38. The smallest absolute Gasteiger partial charge is 0.325 e. The molecule has 4 heteroatoms. The Hall–Kier alpha value is -2.20. The van der Waals surface area contributed by atoms with Crippen LogP contribution in [0.25, 0.3) is 11.1 Å². The molecule has 0 amide bonds. The van der Waals surface area contributed by atoms with E-state index < -0.39 is 12.0 Å². The van der Waals surface area contributed by atoms with E-state index in [0.717, 1.165) is 11.1 Å². The Labute approximate surface area is 104 Å². The molecule has 2 rings (SSSR count). The molecule has 0 aliphatic carbocycles. The molecule has 3 nitrogen and oxygen atoms in total. The Morgan fingerprint density at radius 2 is 1.78 bits per heavy atom. The second-order valence-corrected chi connectivity index (χ2v) is 3.95. The second-order valence-electron chi connectivity index (χ2n) is 3.95. The first-order chi connectivity index (χ1) is 8.58. The highest BCUT2D eigenvalue weighted by Gasteiger charge is 2.13. The van der Waals surface area contributed by atoms with Crippen molar-refractivity contribution in [2.75, 3.05) is 0 Å². The van der Waals surface area contributed by atoms with Gasteiger partial charge in [-0.05, 0) is 28.8 Å². The normalized spacial score (nSPS) is 12.1. The van der Waals surface area contributed by atoms with Crippen molar-refractivity contribution in [1.82, 2.24) is 0 Å². The fourth-order valence-electron chi connectivity index (χ4n) is 1.69. The van der Waals surface area contributed by atoms with Gasteiger partial charge in [-0.3, -0.25) is 4.79 Å². The Morgan fingerprint density at radius 1 is 1.11 bits per heavy atom. The molecule has 1 atom stereocenters. The van der Waals surface area contributed by atoms with Crippen molar-refractivity contribution >= 4 is 5.97 Å². The lowest BCUT2D eigenvalue weighted by atomic mass is 10.0. The molecule has 0 aromatic heterocycles. The van der Waals surface area contributed by atoms with E-state index >= 15 is 0 Å². The molecule has 3 N–H and O–H groups in total. The Kier molecular flexibility index (Phi) is 3.39. The van der Waals surface area contributed by atoms with Gasteiger partial charge in [-0.25, -0.2) is 4.39 Å². The summed E-state index contributed by atoms with van der Waals surface area (Å²) in [4.78, 5) is 10.7. The Bertz CT molecular complexity index is 566. The van der Waals surface area contributed by atoms with Gasteiger partial charge in [0.05, 0.1) is 0 Å². The third-order valence-corrected chi connectivity index (χ3v) is 2.69. The summed E-state index contributed by atoms with van der Waals surface area (Å²) in [6.07, 6.45) is 0. The monoisotopic (exact) mass is 245 g/mol. The zero-order valence-electron chi connectivity index (χ0n) is 9.51. The van der Waals surface area contributed by atoms with Crippen LogP contribution < -0.4 is 5.73 Å². The van der Waals surface area contributed by atoms with E-state index in [-0.39, 0.29) is 5.82 Å². The van der Waals surface area contributed by atoms with E-state index in [1.54, 1.807) is 36.4 Å². The van der Waals surface area contributed by atoms with E-state index in [9.17, 15) is 9.18 Å². The maximum atomic E-state index is 13.1. The summed E-state index contributed by atoms with van der Waals surface area (Å²) in [6.45, 7) is 0. The number of halogens is 1. The first kappa shape index (κ1) is 12.3. The van der Waals surface area contributed by atoms with Gasteiger partial charge in [0.2, 0.25) is 0 Å². The maximum Gasteiger partial charge on any atom is 0.325 e. The Morgan fingerprint density at radius 3 is 2.33 bits per heavy atom. The van der Waals surface area contributed by atoms with Crippen LogP contribution in [0.2, 0.25) is 0 Å². The Balaban J connectivity index is 2.30. The number of carboxylic acids is 1. The van der Waals surface area contributed by atoms with Crippen molar-refractivity contribution in [2.24, 2.45) is 5.73 Å². The SMILES string of the molecule is NC(C(=O)O)c1ccc(-c2cccc(F)c2)cc1. The molecule has 0 aliphatic rings. The van der Waals surface area contributed by atoms with Crippen LogP contribution in [0.3, 0.4) is 0 Å². The van der Waals surface area contributed by atoms with Gasteiger partial charge in [0.1, 0.15) is 11.9 Å². The third kappa shape index (κ3) is 2.55. The van der Waals surface area contributed by atoms with Crippen LogP contribution in [0.15, 0.2) is 48.5 Å². The molecule has 1 unspecified atom stereocenters. The largest absolute Gasteiger partial charge is 0.480 e. The number of aliphatic carboxylic acids is 1. The van der Waals surface area contributed by atoms with E-state index in [0.29, 0.717) is 5.56 Å². The van der Waals surface area contributed by atoms with Crippen LogP contribution >= 0.6 is 0 Å². The van der Waals surface area contributed by atoms with Crippen molar-refractivity contribution < 1.29 is 14.3 Å². The minimum atomic E-state index is -1.08. The highest BCUT2D eigenvalue weighted by Crippen LogP contribution is 2.22. The molecule has 0 heterocycles. The van der Waals surface area contributed by atoms with E-state index in [2.05, 4.69) is 0 Å². The van der Waals surface area contributed by atoms with Crippen LogP contribution in [-0.4, -0.2) is 11.1 Å². The maximum absolute atomic E-state index is 13.1. The molecule has 92 valence electrons. The van der Waals surface area contributed by atoms with Gasteiger partial charge in [0, 0.05) is 0 Å². The van der Waals surface area contributed by atoms with Crippen LogP contribution in [0.4, 0.5) is 4.39 Å². The fourth-order valence-corrected chi connectivity index (χ4v) is 1.69. The second kappa shape index (κ2) is 4.98. The predicted octanol–water partition coefficient (Wildman–Crippen LogP) is 2.58. The molecule has 0 aliphatic heterocycles.